The molecule has 2 unspecified atom stereocenters. The van der Waals surface area contributed by atoms with Gasteiger partial charge in [0.1, 0.15) is 0 Å². The molecule has 0 spiro atoms. The average molecular weight is 254 g/mol. The van der Waals surface area contributed by atoms with E-state index in [-0.39, 0.29) is 5.54 Å². The number of anilines is 1. The van der Waals surface area contributed by atoms with Gasteiger partial charge < -0.3 is 11.1 Å². The molecule has 19 heavy (non-hydrogen) atoms. The van der Waals surface area contributed by atoms with Crippen LogP contribution >= 0.6 is 0 Å². The Balaban J connectivity index is 1.61. The van der Waals surface area contributed by atoms with E-state index in [2.05, 4.69) is 52.5 Å². The zero-order valence-electron chi connectivity index (χ0n) is 11.0. The highest BCUT2D eigenvalue weighted by Gasteiger charge is 2.50. The first-order valence-corrected chi connectivity index (χ1v) is 6.54. The van der Waals surface area contributed by atoms with Crippen molar-refractivity contribution in [2.75, 3.05) is 5.73 Å². The van der Waals surface area contributed by atoms with E-state index in [4.69, 9.17) is 5.73 Å². The molecule has 1 aromatic heterocycles. The fraction of sp³-hybridized carbons (Fsp3) is 0.333. The van der Waals surface area contributed by atoms with Crippen LogP contribution in [0.5, 0.6) is 0 Å². The Morgan fingerprint density at radius 3 is 2.63 bits per heavy atom. The van der Waals surface area contributed by atoms with Crippen molar-refractivity contribution < 1.29 is 0 Å². The third kappa shape index (κ3) is 2.58. The summed E-state index contributed by atoms with van der Waals surface area (Å²) in [4.78, 5) is 8.01. The van der Waals surface area contributed by atoms with E-state index in [1.165, 1.54) is 12.0 Å². The lowest BCUT2D eigenvalue weighted by molar-refractivity contribution is 0.521. The van der Waals surface area contributed by atoms with Gasteiger partial charge in [-0.2, -0.15) is 0 Å². The Kier molecular flexibility index (Phi) is 2.95. The number of hydrogen-bond acceptors (Lipinski definition) is 4. The molecule has 98 valence electrons. The van der Waals surface area contributed by atoms with Crippen molar-refractivity contribution >= 4 is 5.95 Å². The number of nitrogens with zero attached hydrogens (tertiary/aromatic N) is 2. The second kappa shape index (κ2) is 4.63. The van der Waals surface area contributed by atoms with Gasteiger partial charge in [0.2, 0.25) is 5.95 Å². The lowest BCUT2D eigenvalue weighted by Crippen LogP contribution is -2.29. The predicted octanol–water partition coefficient (Wildman–Crippen LogP) is 2.09. The highest BCUT2D eigenvalue weighted by molar-refractivity contribution is 5.32. The third-order valence-corrected chi connectivity index (χ3v) is 3.86. The Labute approximate surface area is 113 Å². The summed E-state index contributed by atoms with van der Waals surface area (Å²) in [5.74, 6) is 0.923. The largest absolute Gasteiger partial charge is 0.368 e. The smallest absolute Gasteiger partial charge is 0.219 e. The first-order valence-electron chi connectivity index (χ1n) is 6.54. The second-order valence-corrected chi connectivity index (χ2v) is 5.39. The minimum Gasteiger partial charge on any atom is -0.368 e. The van der Waals surface area contributed by atoms with Gasteiger partial charge in [0, 0.05) is 36.0 Å². The molecule has 0 aliphatic heterocycles. The Hall–Kier alpha value is -1.94. The summed E-state index contributed by atoms with van der Waals surface area (Å²) in [6.45, 7) is 3.04. The Bertz CT molecular complexity index is 552. The molecule has 2 atom stereocenters. The molecule has 0 saturated heterocycles. The van der Waals surface area contributed by atoms with Crippen LogP contribution in [0.1, 0.15) is 30.4 Å². The lowest BCUT2D eigenvalue weighted by Gasteiger charge is -2.14. The highest BCUT2D eigenvalue weighted by Crippen LogP contribution is 2.51. The molecular formula is C15H18N4. The monoisotopic (exact) mass is 254 g/mol. The first kappa shape index (κ1) is 12.1. The van der Waals surface area contributed by atoms with Crippen molar-refractivity contribution in [3.63, 3.8) is 0 Å². The molecule has 3 N–H and O–H groups in total. The van der Waals surface area contributed by atoms with Crippen molar-refractivity contribution in [1.29, 1.82) is 0 Å². The molecule has 0 bridgehead atoms. The van der Waals surface area contributed by atoms with Crippen LogP contribution in [0.15, 0.2) is 42.7 Å². The summed E-state index contributed by atoms with van der Waals surface area (Å²) < 4.78 is 0. The van der Waals surface area contributed by atoms with Gasteiger partial charge in [-0.3, -0.25) is 0 Å². The summed E-state index contributed by atoms with van der Waals surface area (Å²) in [7, 11) is 0. The molecule has 3 rings (SSSR count). The minimum absolute atomic E-state index is 0.183. The van der Waals surface area contributed by atoms with Gasteiger partial charge in [-0.15, -0.1) is 0 Å². The van der Waals surface area contributed by atoms with E-state index in [1.54, 1.807) is 12.4 Å². The SMILES string of the molecule is CC1(NCc2cnc(N)nc2)CC1c1ccccc1. The van der Waals surface area contributed by atoms with Crippen molar-refractivity contribution in [3.8, 4) is 0 Å². The molecule has 1 fully saturated rings. The summed E-state index contributed by atoms with van der Waals surface area (Å²) >= 11 is 0. The fourth-order valence-corrected chi connectivity index (χ4v) is 2.49. The van der Waals surface area contributed by atoms with Gasteiger partial charge >= 0.3 is 0 Å². The molecule has 4 heteroatoms. The van der Waals surface area contributed by atoms with E-state index in [0.717, 1.165) is 12.1 Å². The van der Waals surface area contributed by atoms with Crippen LogP contribution in [0, 0.1) is 0 Å². The lowest BCUT2D eigenvalue weighted by atomic mass is 10.1. The van der Waals surface area contributed by atoms with Crippen molar-refractivity contribution in [2.24, 2.45) is 0 Å². The van der Waals surface area contributed by atoms with Crippen LogP contribution in [0.2, 0.25) is 0 Å². The van der Waals surface area contributed by atoms with Crippen molar-refractivity contribution in [3.05, 3.63) is 53.9 Å². The van der Waals surface area contributed by atoms with Gasteiger partial charge in [-0.25, -0.2) is 9.97 Å². The van der Waals surface area contributed by atoms with Gasteiger partial charge in [-0.05, 0) is 18.9 Å². The molecule has 1 aliphatic carbocycles. The van der Waals surface area contributed by atoms with Gasteiger partial charge in [-0.1, -0.05) is 30.3 Å². The van der Waals surface area contributed by atoms with E-state index >= 15 is 0 Å². The van der Waals surface area contributed by atoms with Gasteiger partial charge in [0.15, 0.2) is 0 Å². The summed E-state index contributed by atoms with van der Waals surface area (Å²) in [6.07, 6.45) is 4.73. The number of hydrogen-bond donors (Lipinski definition) is 2. The Morgan fingerprint density at radius 2 is 1.95 bits per heavy atom. The topological polar surface area (TPSA) is 63.8 Å². The second-order valence-electron chi connectivity index (χ2n) is 5.39. The first-order chi connectivity index (χ1) is 9.17. The molecule has 0 radical (unpaired) electrons. The fourth-order valence-electron chi connectivity index (χ4n) is 2.49. The number of benzene rings is 1. The van der Waals surface area contributed by atoms with Crippen LogP contribution in [-0.2, 0) is 6.54 Å². The number of nitrogens with two attached hydrogens (primary N) is 1. The maximum atomic E-state index is 5.48. The molecule has 1 heterocycles. The quantitative estimate of drug-likeness (QED) is 0.877. The maximum absolute atomic E-state index is 5.48. The highest BCUT2D eigenvalue weighted by atomic mass is 15.0. The van der Waals surface area contributed by atoms with Crippen LogP contribution < -0.4 is 11.1 Å². The number of nitrogens with one attached hydrogen (secondary N) is 1. The normalized spacial score (nSPS) is 25.2. The molecule has 0 amide bonds. The standard InChI is InChI=1S/C15H18N4/c1-15(7-13(15)12-5-3-2-4-6-12)19-10-11-8-17-14(16)18-9-11/h2-6,8-9,13,19H,7,10H2,1H3,(H2,16,17,18). The van der Waals surface area contributed by atoms with Crippen LogP contribution in [-0.4, -0.2) is 15.5 Å². The molecule has 2 aromatic rings. The number of aromatic nitrogens is 2. The predicted molar refractivity (Wildman–Crippen MR) is 75.5 cm³/mol. The van der Waals surface area contributed by atoms with Crippen molar-refractivity contribution in [1.82, 2.24) is 15.3 Å². The van der Waals surface area contributed by atoms with E-state index < -0.39 is 0 Å². The van der Waals surface area contributed by atoms with Crippen LogP contribution in [0.3, 0.4) is 0 Å². The molecular weight excluding hydrogens is 236 g/mol. The summed E-state index contributed by atoms with van der Waals surface area (Å²) in [6, 6.07) is 10.7. The van der Waals surface area contributed by atoms with Gasteiger partial charge in [0.05, 0.1) is 0 Å². The van der Waals surface area contributed by atoms with Crippen LogP contribution in [0.4, 0.5) is 5.95 Å². The average Bonchev–Trinajstić information content (AvgIpc) is 3.12. The minimum atomic E-state index is 0.183. The van der Waals surface area contributed by atoms with E-state index in [9.17, 15) is 0 Å². The van der Waals surface area contributed by atoms with E-state index in [0.29, 0.717) is 11.9 Å². The van der Waals surface area contributed by atoms with Crippen molar-refractivity contribution in [2.45, 2.75) is 31.3 Å². The molecule has 1 aliphatic rings. The van der Waals surface area contributed by atoms with E-state index in [1.807, 2.05) is 0 Å². The van der Waals surface area contributed by atoms with Gasteiger partial charge in [0.25, 0.3) is 0 Å². The summed E-state index contributed by atoms with van der Waals surface area (Å²) in [5.41, 5.74) is 8.13. The third-order valence-electron chi connectivity index (χ3n) is 3.86. The molecule has 4 nitrogen and oxygen atoms in total. The zero-order chi connectivity index (χ0) is 13.3. The molecule has 1 aromatic carbocycles. The summed E-state index contributed by atoms with van der Waals surface area (Å²) in [5, 5.41) is 3.60. The Morgan fingerprint density at radius 1 is 1.26 bits per heavy atom. The number of nitrogen functional groups attached to an aromatic ring is 1. The maximum Gasteiger partial charge on any atom is 0.219 e. The zero-order valence-corrected chi connectivity index (χ0v) is 11.0. The van der Waals surface area contributed by atoms with Crippen LogP contribution in [0.25, 0.3) is 0 Å². The number of rotatable bonds is 4. The molecule has 1 saturated carbocycles.